The first-order chi connectivity index (χ1) is 8.01. The van der Waals surface area contributed by atoms with Crippen LogP contribution in [0.2, 0.25) is 0 Å². The summed E-state index contributed by atoms with van der Waals surface area (Å²) >= 11 is 0. The van der Waals surface area contributed by atoms with Gasteiger partial charge in [-0.25, -0.2) is 4.79 Å². The molecule has 0 saturated heterocycles. The number of amides is 1. The standard InChI is InChI=1S/C13H23NO4/c1-12(2,3)18-11(17)14-9(6-10(15)16)8-7-13(8,4)5/h8-9H,6-7H2,1-5H3,(H,14,17)(H,15,16)/t8?,9-/m1/s1. The van der Waals surface area contributed by atoms with E-state index < -0.39 is 17.7 Å². The molecule has 1 rings (SSSR count). The minimum absolute atomic E-state index is 0.0622. The van der Waals surface area contributed by atoms with E-state index in [9.17, 15) is 9.59 Å². The Morgan fingerprint density at radius 3 is 2.28 bits per heavy atom. The van der Waals surface area contributed by atoms with Gasteiger partial charge in [0.2, 0.25) is 0 Å². The van der Waals surface area contributed by atoms with Gasteiger partial charge in [-0.3, -0.25) is 4.79 Å². The second-order valence-corrected chi connectivity index (χ2v) is 6.65. The van der Waals surface area contributed by atoms with Crippen LogP contribution < -0.4 is 5.32 Å². The van der Waals surface area contributed by atoms with Crippen molar-refractivity contribution in [2.45, 2.75) is 59.1 Å². The molecule has 1 aliphatic rings. The van der Waals surface area contributed by atoms with Crippen LogP contribution in [0, 0.1) is 11.3 Å². The van der Waals surface area contributed by atoms with Crippen LogP contribution in [0.15, 0.2) is 0 Å². The highest BCUT2D eigenvalue weighted by atomic mass is 16.6. The van der Waals surface area contributed by atoms with Crippen LogP contribution in [0.5, 0.6) is 0 Å². The van der Waals surface area contributed by atoms with E-state index in [1.807, 2.05) is 0 Å². The Hall–Kier alpha value is -1.26. The van der Waals surface area contributed by atoms with Crippen molar-refractivity contribution in [3.63, 3.8) is 0 Å². The highest BCUT2D eigenvalue weighted by molar-refractivity contribution is 5.71. The smallest absolute Gasteiger partial charge is 0.407 e. The maximum Gasteiger partial charge on any atom is 0.407 e. The molecule has 0 aromatic rings. The van der Waals surface area contributed by atoms with Crippen molar-refractivity contribution in [1.29, 1.82) is 0 Å². The van der Waals surface area contributed by atoms with E-state index in [1.54, 1.807) is 20.8 Å². The van der Waals surface area contributed by atoms with Gasteiger partial charge >= 0.3 is 12.1 Å². The lowest BCUT2D eigenvalue weighted by atomic mass is 10.0. The Labute approximate surface area is 108 Å². The number of hydrogen-bond acceptors (Lipinski definition) is 3. The molecule has 0 aromatic carbocycles. The summed E-state index contributed by atoms with van der Waals surface area (Å²) in [7, 11) is 0. The van der Waals surface area contributed by atoms with Gasteiger partial charge in [-0.15, -0.1) is 0 Å². The van der Waals surface area contributed by atoms with Crippen LogP contribution in [-0.4, -0.2) is 28.8 Å². The van der Waals surface area contributed by atoms with E-state index in [0.29, 0.717) is 0 Å². The lowest BCUT2D eigenvalue weighted by Crippen LogP contribution is -2.42. The van der Waals surface area contributed by atoms with Crippen molar-refractivity contribution >= 4 is 12.1 Å². The van der Waals surface area contributed by atoms with Crippen molar-refractivity contribution in [3.8, 4) is 0 Å². The number of nitrogens with one attached hydrogen (secondary N) is 1. The fourth-order valence-electron chi connectivity index (χ4n) is 2.14. The summed E-state index contributed by atoms with van der Waals surface area (Å²) < 4.78 is 5.15. The van der Waals surface area contributed by atoms with Crippen molar-refractivity contribution in [3.05, 3.63) is 0 Å². The van der Waals surface area contributed by atoms with Gasteiger partial charge in [0.1, 0.15) is 5.60 Å². The first kappa shape index (κ1) is 14.8. The molecule has 0 bridgehead atoms. The molecule has 1 fully saturated rings. The van der Waals surface area contributed by atoms with E-state index in [-0.39, 0.29) is 23.8 Å². The van der Waals surface area contributed by atoms with Gasteiger partial charge in [-0.1, -0.05) is 13.8 Å². The maximum absolute atomic E-state index is 11.7. The molecule has 1 unspecified atom stereocenters. The molecule has 1 aliphatic carbocycles. The van der Waals surface area contributed by atoms with E-state index in [4.69, 9.17) is 9.84 Å². The number of alkyl carbamates (subject to hydrolysis) is 1. The molecule has 5 nitrogen and oxygen atoms in total. The van der Waals surface area contributed by atoms with Crippen molar-refractivity contribution < 1.29 is 19.4 Å². The topological polar surface area (TPSA) is 75.6 Å². The molecule has 1 saturated carbocycles. The molecule has 0 radical (unpaired) electrons. The fraction of sp³-hybridized carbons (Fsp3) is 0.846. The summed E-state index contributed by atoms with van der Waals surface area (Å²) in [6.07, 6.45) is 0.324. The van der Waals surface area contributed by atoms with Crippen molar-refractivity contribution in [1.82, 2.24) is 5.32 Å². The van der Waals surface area contributed by atoms with Gasteiger partial charge < -0.3 is 15.2 Å². The third-order valence-corrected chi connectivity index (χ3v) is 3.17. The van der Waals surface area contributed by atoms with Crippen LogP contribution in [-0.2, 0) is 9.53 Å². The van der Waals surface area contributed by atoms with Crippen molar-refractivity contribution in [2.75, 3.05) is 0 Å². The lowest BCUT2D eigenvalue weighted by Gasteiger charge is -2.23. The molecule has 5 heteroatoms. The van der Waals surface area contributed by atoms with Gasteiger partial charge in [0, 0.05) is 6.04 Å². The molecule has 0 aliphatic heterocycles. The SMILES string of the molecule is CC(C)(C)OC(=O)N[C@H](CC(=O)O)C1CC1(C)C. The second kappa shape index (κ2) is 4.78. The Morgan fingerprint density at radius 1 is 1.44 bits per heavy atom. The third-order valence-electron chi connectivity index (χ3n) is 3.17. The predicted molar refractivity (Wildman–Crippen MR) is 67.3 cm³/mol. The first-order valence-electron chi connectivity index (χ1n) is 6.22. The van der Waals surface area contributed by atoms with Gasteiger partial charge in [-0.2, -0.15) is 0 Å². The van der Waals surface area contributed by atoms with Gasteiger partial charge in [0.25, 0.3) is 0 Å². The number of carbonyl (C=O) groups excluding carboxylic acids is 1. The number of aliphatic carboxylic acids is 1. The molecule has 2 atom stereocenters. The number of rotatable bonds is 4. The van der Waals surface area contributed by atoms with E-state index in [1.165, 1.54) is 0 Å². The minimum atomic E-state index is -0.904. The minimum Gasteiger partial charge on any atom is -0.481 e. The van der Waals surface area contributed by atoms with Crippen LogP contribution in [0.1, 0.15) is 47.5 Å². The number of ether oxygens (including phenoxy) is 1. The van der Waals surface area contributed by atoms with E-state index in [0.717, 1.165) is 6.42 Å². The molecule has 104 valence electrons. The van der Waals surface area contributed by atoms with Gasteiger partial charge in [-0.05, 0) is 38.5 Å². The Kier molecular flexibility index (Phi) is 3.93. The number of carboxylic acids is 1. The van der Waals surface area contributed by atoms with Gasteiger partial charge in [0.15, 0.2) is 0 Å². The van der Waals surface area contributed by atoms with Crippen LogP contribution >= 0.6 is 0 Å². The summed E-state index contributed by atoms with van der Waals surface area (Å²) in [5.41, 5.74) is -0.466. The molecule has 0 aromatic heterocycles. The number of carbonyl (C=O) groups is 2. The van der Waals surface area contributed by atoms with E-state index >= 15 is 0 Å². The summed E-state index contributed by atoms with van der Waals surface area (Å²) in [6.45, 7) is 9.48. The number of carboxylic acid groups (broad SMARTS) is 1. The van der Waals surface area contributed by atoms with Crippen molar-refractivity contribution in [2.24, 2.45) is 11.3 Å². The average Bonchev–Trinajstić information content (AvgIpc) is 2.69. The summed E-state index contributed by atoms with van der Waals surface area (Å²) in [6, 6.07) is -0.354. The molecule has 0 spiro atoms. The van der Waals surface area contributed by atoms with Crippen LogP contribution in [0.25, 0.3) is 0 Å². The fourth-order valence-corrected chi connectivity index (χ4v) is 2.14. The molecular weight excluding hydrogens is 234 g/mol. The number of hydrogen-bond donors (Lipinski definition) is 2. The highest BCUT2D eigenvalue weighted by Gasteiger charge is 2.51. The summed E-state index contributed by atoms with van der Waals surface area (Å²) in [5.74, 6) is -0.695. The predicted octanol–water partition coefficient (Wildman–Crippen LogP) is 2.40. The van der Waals surface area contributed by atoms with Crippen LogP contribution in [0.4, 0.5) is 4.79 Å². The summed E-state index contributed by atoms with van der Waals surface area (Å²) in [5, 5.41) is 11.6. The highest BCUT2D eigenvalue weighted by Crippen LogP contribution is 2.54. The monoisotopic (exact) mass is 257 g/mol. The third kappa shape index (κ3) is 4.55. The summed E-state index contributed by atoms with van der Waals surface area (Å²) in [4.78, 5) is 22.5. The zero-order chi connectivity index (χ0) is 14.1. The Balaban J connectivity index is 2.57. The first-order valence-corrected chi connectivity index (χ1v) is 6.22. The van der Waals surface area contributed by atoms with Gasteiger partial charge in [0.05, 0.1) is 6.42 Å². The van der Waals surface area contributed by atoms with Crippen LogP contribution in [0.3, 0.4) is 0 Å². The second-order valence-electron chi connectivity index (χ2n) is 6.65. The molecular formula is C13H23NO4. The molecule has 1 amide bonds. The Bertz CT molecular complexity index is 343. The normalized spacial score (nSPS) is 23.1. The maximum atomic E-state index is 11.7. The molecule has 18 heavy (non-hydrogen) atoms. The zero-order valence-corrected chi connectivity index (χ0v) is 11.7. The molecule has 2 N–H and O–H groups in total. The lowest BCUT2D eigenvalue weighted by molar-refractivity contribution is -0.137. The molecule has 0 heterocycles. The van der Waals surface area contributed by atoms with E-state index in [2.05, 4.69) is 19.2 Å². The quantitative estimate of drug-likeness (QED) is 0.811. The average molecular weight is 257 g/mol. The Morgan fingerprint density at radius 2 is 1.94 bits per heavy atom. The largest absolute Gasteiger partial charge is 0.481 e. The zero-order valence-electron chi connectivity index (χ0n) is 11.7.